The number of ketones is 1. The summed E-state index contributed by atoms with van der Waals surface area (Å²) in [5.74, 6) is -3.18. The minimum absolute atomic E-state index is 0.0110. The minimum atomic E-state index is -0.688. The highest BCUT2D eigenvalue weighted by atomic mass is 79.9. The van der Waals surface area contributed by atoms with E-state index in [2.05, 4.69) is 31.9 Å². The number of hydrogen-bond acceptors (Lipinski definition) is 4. The van der Waals surface area contributed by atoms with Gasteiger partial charge in [0.1, 0.15) is 6.54 Å². The largest absolute Gasteiger partial charge is 0.292 e. The maximum atomic E-state index is 13.6. The summed E-state index contributed by atoms with van der Waals surface area (Å²) in [6.45, 7) is 3.34. The number of rotatable bonds is 5. The monoisotopic (exact) mass is 642 g/mol. The number of hydrogen-bond donors (Lipinski definition) is 0. The molecular weight excluding hydrogens is 623 g/mol. The van der Waals surface area contributed by atoms with Gasteiger partial charge >= 0.3 is 0 Å². The molecule has 2 aromatic carbocycles. The van der Waals surface area contributed by atoms with Gasteiger partial charge in [0, 0.05) is 20.8 Å². The first kappa shape index (κ1) is 26.3. The quantitative estimate of drug-likeness (QED) is 0.235. The fraction of sp³-hybridized carbons (Fsp3) is 0.360. The molecule has 184 valence electrons. The Morgan fingerprint density at radius 2 is 1.46 bits per heavy atom. The van der Waals surface area contributed by atoms with E-state index >= 15 is 0 Å². The van der Waals surface area contributed by atoms with Gasteiger partial charge in [0.15, 0.2) is 5.78 Å². The topological polar surface area (TPSA) is 74.8 Å². The molecule has 35 heavy (non-hydrogen) atoms. The molecule has 0 N–H and O–H groups in total. The van der Waals surface area contributed by atoms with Crippen molar-refractivity contribution in [3.63, 3.8) is 0 Å². The molecule has 0 spiro atoms. The number of carbonyl (C=O) groups excluding carboxylic acids is 4. The van der Waals surface area contributed by atoms with E-state index in [1.807, 2.05) is 19.9 Å². The van der Waals surface area contributed by atoms with Crippen LogP contribution in [0.15, 0.2) is 36.4 Å². The summed E-state index contributed by atoms with van der Waals surface area (Å²) in [7, 11) is 0. The maximum Gasteiger partial charge on any atom is 0.273 e. The van der Waals surface area contributed by atoms with Crippen LogP contribution >= 0.6 is 55.1 Å². The lowest BCUT2D eigenvalue weighted by Crippen LogP contribution is -2.52. The van der Waals surface area contributed by atoms with Crippen molar-refractivity contribution in [1.82, 2.24) is 10.0 Å². The van der Waals surface area contributed by atoms with Crippen molar-refractivity contribution in [1.29, 1.82) is 0 Å². The number of alkyl halides is 2. The Morgan fingerprint density at radius 1 is 0.886 bits per heavy atom. The van der Waals surface area contributed by atoms with Gasteiger partial charge in [-0.25, -0.2) is 5.01 Å². The van der Waals surface area contributed by atoms with Gasteiger partial charge in [0.05, 0.1) is 21.9 Å². The van der Waals surface area contributed by atoms with Crippen molar-refractivity contribution in [3.8, 4) is 0 Å². The van der Waals surface area contributed by atoms with E-state index in [1.54, 1.807) is 12.1 Å². The van der Waals surface area contributed by atoms with Crippen LogP contribution in [0.3, 0.4) is 0 Å². The lowest BCUT2D eigenvalue weighted by molar-refractivity contribution is -0.154. The van der Waals surface area contributed by atoms with E-state index in [4.69, 9.17) is 23.2 Å². The summed E-state index contributed by atoms with van der Waals surface area (Å²) >= 11 is 19.3. The molecule has 0 aromatic heterocycles. The lowest BCUT2D eigenvalue weighted by Gasteiger charge is -2.30. The van der Waals surface area contributed by atoms with Gasteiger partial charge in [-0.05, 0) is 62.1 Å². The number of nitrogens with zero attached hydrogens (tertiary/aromatic N) is 2. The number of Topliss-reactive ketones (excluding diaryl/α,β-unsaturated/α-hetero) is 1. The first-order valence-corrected chi connectivity index (χ1v) is 13.6. The third-order valence-corrected chi connectivity index (χ3v) is 10.1. The Kier molecular flexibility index (Phi) is 7.77. The molecule has 2 aromatic rings. The van der Waals surface area contributed by atoms with E-state index in [-0.39, 0.29) is 25.3 Å². The van der Waals surface area contributed by atoms with E-state index < -0.39 is 41.9 Å². The lowest BCUT2D eigenvalue weighted by atomic mass is 9.81. The van der Waals surface area contributed by atoms with Crippen LogP contribution < -0.4 is 0 Å². The summed E-state index contributed by atoms with van der Waals surface area (Å²) < 4.78 is 0. The van der Waals surface area contributed by atoms with Crippen LogP contribution in [0.25, 0.3) is 0 Å². The number of amides is 3. The zero-order valence-electron chi connectivity index (χ0n) is 18.9. The van der Waals surface area contributed by atoms with Gasteiger partial charge < -0.3 is 0 Å². The second-order valence-corrected chi connectivity index (χ2v) is 12.1. The summed E-state index contributed by atoms with van der Waals surface area (Å²) in [5.41, 5.74) is 2.44. The van der Waals surface area contributed by atoms with Crippen LogP contribution in [0.5, 0.6) is 0 Å². The van der Waals surface area contributed by atoms with E-state index in [1.165, 1.54) is 18.2 Å². The van der Waals surface area contributed by atoms with Crippen LogP contribution in [0.4, 0.5) is 0 Å². The predicted octanol–water partition coefficient (Wildman–Crippen LogP) is 5.77. The Labute approximate surface area is 230 Å². The van der Waals surface area contributed by atoms with Gasteiger partial charge in [-0.1, -0.05) is 67.2 Å². The SMILES string of the molecule is Cc1ccc(C(=O)CN(C(=O)c2ccc(Cl)c(Cl)c2)N2C(=O)[C@@H]3C[C@@H](Br)[C@@H](Br)C[C@H]3C2=O)cc1C. The molecule has 2 aliphatic rings. The molecule has 6 nitrogen and oxygen atoms in total. The summed E-state index contributed by atoms with van der Waals surface area (Å²) in [6.07, 6.45) is 0.892. The molecule has 4 rings (SSSR count). The van der Waals surface area contributed by atoms with Crippen LogP contribution in [0, 0.1) is 25.7 Å². The first-order chi connectivity index (χ1) is 16.5. The molecule has 1 aliphatic heterocycles. The van der Waals surface area contributed by atoms with Gasteiger partial charge in [0.25, 0.3) is 17.7 Å². The zero-order valence-corrected chi connectivity index (χ0v) is 23.6. The molecule has 1 heterocycles. The van der Waals surface area contributed by atoms with E-state index in [0.29, 0.717) is 18.4 Å². The third kappa shape index (κ3) is 5.08. The van der Waals surface area contributed by atoms with Gasteiger partial charge in [-0.2, -0.15) is 5.01 Å². The number of fused-ring (bicyclic) bond motifs is 1. The number of carbonyl (C=O) groups is 4. The second kappa shape index (κ2) is 10.3. The molecule has 1 saturated heterocycles. The third-order valence-electron chi connectivity index (χ3n) is 6.65. The highest BCUT2D eigenvalue weighted by molar-refractivity contribution is 9.12. The Morgan fingerprint density at radius 3 is 2.00 bits per heavy atom. The summed E-state index contributed by atoms with van der Waals surface area (Å²) in [4.78, 5) is 53.8. The standard InChI is InChI=1S/C25H22Br2Cl2N2O4/c1-12-3-4-14(7-13(12)2)22(32)11-30(23(33)15-5-6-20(28)21(29)8-15)31-24(34)16-9-18(26)19(27)10-17(16)25(31)35/h3-8,16-19H,9-11H2,1-2H3/t16-,17-,18-,19+/m1/s1. The molecule has 1 saturated carbocycles. The number of aryl methyl sites for hydroxylation is 2. The maximum absolute atomic E-state index is 13.6. The average molecular weight is 645 g/mol. The van der Waals surface area contributed by atoms with Gasteiger partial charge in [-0.15, -0.1) is 0 Å². The minimum Gasteiger partial charge on any atom is -0.292 e. The molecule has 0 unspecified atom stereocenters. The molecular formula is C25H22Br2Cl2N2O4. The molecule has 10 heteroatoms. The first-order valence-electron chi connectivity index (χ1n) is 11.0. The number of imide groups is 1. The molecule has 4 atom stereocenters. The van der Waals surface area contributed by atoms with Gasteiger partial charge in [-0.3, -0.25) is 19.2 Å². The van der Waals surface area contributed by atoms with Crippen molar-refractivity contribution >= 4 is 78.6 Å². The van der Waals surface area contributed by atoms with Crippen LogP contribution in [0.1, 0.15) is 44.7 Å². The summed E-state index contributed by atoms with van der Waals surface area (Å²) in [5, 5.41) is 2.22. The van der Waals surface area contributed by atoms with Crippen molar-refractivity contribution in [2.75, 3.05) is 6.54 Å². The highest BCUT2D eigenvalue weighted by Crippen LogP contribution is 2.43. The van der Waals surface area contributed by atoms with Gasteiger partial charge in [0.2, 0.25) is 0 Å². The van der Waals surface area contributed by atoms with Crippen molar-refractivity contribution in [3.05, 3.63) is 68.7 Å². The molecule has 0 radical (unpaired) electrons. The van der Waals surface area contributed by atoms with Crippen molar-refractivity contribution < 1.29 is 19.2 Å². The smallest absolute Gasteiger partial charge is 0.273 e. The summed E-state index contributed by atoms with van der Waals surface area (Å²) in [6, 6.07) is 9.49. The van der Waals surface area contributed by atoms with Crippen molar-refractivity contribution in [2.45, 2.75) is 36.3 Å². The van der Waals surface area contributed by atoms with Crippen LogP contribution in [-0.4, -0.2) is 49.7 Å². The number of hydrazine groups is 1. The normalized spacial score (nSPS) is 23.9. The number of benzene rings is 2. The van der Waals surface area contributed by atoms with Crippen LogP contribution in [0.2, 0.25) is 10.0 Å². The zero-order chi connectivity index (χ0) is 25.6. The average Bonchev–Trinajstić information content (AvgIpc) is 3.04. The van der Waals surface area contributed by atoms with Crippen LogP contribution in [-0.2, 0) is 9.59 Å². The predicted molar refractivity (Wildman–Crippen MR) is 141 cm³/mol. The van der Waals surface area contributed by atoms with E-state index in [0.717, 1.165) is 21.1 Å². The fourth-order valence-electron chi connectivity index (χ4n) is 4.47. The highest BCUT2D eigenvalue weighted by Gasteiger charge is 2.54. The van der Waals surface area contributed by atoms with E-state index in [9.17, 15) is 19.2 Å². The second-order valence-electron chi connectivity index (χ2n) is 8.92. The fourth-order valence-corrected chi connectivity index (χ4v) is 6.00. The molecule has 1 aliphatic carbocycles. The Bertz CT molecular complexity index is 1210. The molecule has 0 bridgehead atoms. The molecule has 3 amide bonds. The number of halogens is 4. The Hall–Kier alpha value is -1.74. The molecule has 2 fully saturated rings. The Balaban J connectivity index is 1.72. The van der Waals surface area contributed by atoms with Crippen molar-refractivity contribution in [2.24, 2.45) is 11.8 Å².